The van der Waals surface area contributed by atoms with Crippen molar-refractivity contribution in [3.63, 3.8) is 0 Å². The van der Waals surface area contributed by atoms with Gasteiger partial charge in [0, 0.05) is 18.7 Å². The van der Waals surface area contributed by atoms with E-state index in [9.17, 15) is 4.79 Å². The average Bonchev–Trinajstić information content (AvgIpc) is 2.47. The Morgan fingerprint density at radius 2 is 2.25 bits per heavy atom. The predicted molar refractivity (Wildman–Crippen MR) is 81.9 cm³/mol. The Hall–Kier alpha value is -1.35. The molecule has 0 bridgehead atoms. The molecular formula is C17H24N2O. The quantitative estimate of drug-likeness (QED) is 0.897. The van der Waals surface area contributed by atoms with Crippen LogP contribution in [0.1, 0.15) is 31.7 Å². The van der Waals surface area contributed by atoms with E-state index in [0.717, 1.165) is 31.7 Å². The van der Waals surface area contributed by atoms with E-state index in [1.54, 1.807) is 0 Å². The first-order chi connectivity index (χ1) is 9.74. The molecule has 20 heavy (non-hydrogen) atoms. The van der Waals surface area contributed by atoms with Crippen LogP contribution in [0.25, 0.3) is 0 Å². The summed E-state index contributed by atoms with van der Waals surface area (Å²) in [5.74, 6) is 1.37. The summed E-state index contributed by atoms with van der Waals surface area (Å²) in [5, 5.41) is 3.40. The van der Waals surface area contributed by atoms with E-state index >= 15 is 0 Å². The molecule has 2 heterocycles. The molecule has 3 heteroatoms. The number of hydrogen-bond donors (Lipinski definition) is 1. The zero-order valence-electron chi connectivity index (χ0n) is 12.3. The first-order valence-electron chi connectivity index (χ1n) is 7.83. The number of nitrogens with zero attached hydrogens (tertiary/aromatic N) is 1. The summed E-state index contributed by atoms with van der Waals surface area (Å²) in [6, 6.07) is 8.37. The second kappa shape index (κ2) is 5.96. The lowest BCUT2D eigenvalue weighted by Gasteiger charge is -2.34. The Morgan fingerprint density at radius 1 is 1.40 bits per heavy atom. The van der Waals surface area contributed by atoms with E-state index in [1.165, 1.54) is 18.4 Å². The van der Waals surface area contributed by atoms with Crippen LogP contribution in [-0.2, 0) is 11.2 Å². The lowest BCUT2D eigenvalue weighted by atomic mass is 9.91. The standard InChI is InChI=1S/C17H24N2O/c1-13-9-15-6-2-3-7-16(15)19(12-13)17(20)10-14-5-4-8-18-11-14/h2-3,6-7,13-14,18H,4-5,8-12H2,1H3. The average molecular weight is 272 g/mol. The van der Waals surface area contributed by atoms with Gasteiger partial charge in [-0.25, -0.2) is 0 Å². The van der Waals surface area contributed by atoms with Crippen molar-refractivity contribution < 1.29 is 4.79 Å². The Bertz CT molecular complexity index is 480. The van der Waals surface area contributed by atoms with Gasteiger partial charge in [0.05, 0.1) is 0 Å². The fraction of sp³-hybridized carbons (Fsp3) is 0.588. The topological polar surface area (TPSA) is 32.3 Å². The van der Waals surface area contributed by atoms with Gasteiger partial charge in [-0.15, -0.1) is 0 Å². The highest BCUT2D eigenvalue weighted by Gasteiger charge is 2.27. The maximum Gasteiger partial charge on any atom is 0.227 e. The summed E-state index contributed by atoms with van der Waals surface area (Å²) in [5.41, 5.74) is 2.46. The number of rotatable bonds is 2. The van der Waals surface area contributed by atoms with Crippen LogP contribution in [0.2, 0.25) is 0 Å². The molecule has 2 aliphatic heterocycles. The number of nitrogens with one attached hydrogen (secondary N) is 1. The molecule has 1 amide bonds. The number of benzene rings is 1. The maximum atomic E-state index is 12.7. The number of amides is 1. The maximum absolute atomic E-state index is 12.7. The van der Waals surface area contributed by atoms with Crippen LogP contribution in [0.15, 0.2) is 24.3 Å². The number of carbonyl (C=O) groups excluding carboxylic acids is 1. The van der Waals surface area contributed by atoms with Crippen LogP contribution in [0, 0.1) is 11.8 Å². The van der Waals surface area contributed by atoms with Gasteiger partial charge in [-0.3, -0.25) is 4.79 Å². The molecule has 0 spiro atoms. The normalized spacial score (nSPS) is 26.1. The molecule has 0 saturated carbocycles. The monoisotopic (exact) mass is 272 g/mol. The molecular weight excluding hydrogens is 248 g/mol. The van der Waals surface area contributed by atoms with Crippen molar-refractivity contribution in [3.05, 3.63) is 29.8 Å². The lowest BCUT2D eigenvalue weighted by Crippen LogP contribution is -2.41. The minimum atomic E-state index is 0.303. The summed E-state index contributed by atoms with van der Waals surface area (Å²) in [6.45, 7) is 5.21. The van der Waals surface area contributed by atoms with Crippen LogP contribution >= 0.6 is 0 Å². The third kappa shape index (κ3) is 2.88. The molecule has 2 aliphatic rings. The minimum absolute atomic E-state index is 0.303. The highest BCUT2D eigenvalue weighted by atomic mass is 16.2. The van der Waals surface area contributed by atoms with Gasteiger partial charge < -0.3 is 10.2 Å². The first-order valence-corrected chi connectivity index (χ1v) is 7.83. The van der Waals surface area contributed by atoms with Gasteiger partial charge in [-0.2, -0.15) is 0 Å². The van der Waals surface area contributed by atoms with Crippen molar-refractivity contribution in [1.82, 2.24) is 5.32 Å². The second-order valence-corrected chi connectivity index (χ2v) is 6.36. The van der Waals surface area contributed by atoms with Crippen molar-refractivity contribution in [3.8, 4) is 0 Å². The molecule has 0 radical (unpaired) electrons. The fourth-order valence-corrected chi connectivity index (χ4v) is 3.49. The predicted octanol–water partition coefficient (Wildman–Crippen LogP) is 2.60. The van der Waals surface area contributed by atoms with Crippen LogP contribution in [0.3, 0.4) is 0 Å². The van der Waals surface area contributed by atoms with Gasteiger partial charge in [0.2, 0.25) is 5.91 Å². The van der Waals surface area contributed by atoms with Crippen molar-refractivity contribution >= 4 is 11.6 Å². The zero-order chi connectivity index (χ0) is 13.9. The van der Waals surface area contributed by atoms with E-state index in [4.69, 9.17) is 0 Å². The SMILES string of the molecule is CC1Cc2ccccc2N(C(=O)CC2CCCNC2)C1. The van der Waals surface area contributed by atoms with Crippen LogP contribution in [0.5, 0.6) is 0 Å². The van der Waals surface area contributed by atoms with Crippen molar-refractivity contribution in [2.45, 2.75) is 32.6 Å². The molecule has 108 valence electrons. The molecule has 1 aromatic rings. The van der Waals surface area contributed by atoms with Crippen molar-refractivity contribution in [2.24, 2.45) is 11.8 Å². The third-order valence-corrected chi connectivity index (χ3v) is 4.51. The van der Waals surface area contributed by atoms with Gasteiger partial charge in [0.1, 0.15) is 0 Å². The Morgan fingerprint density at radius 3 is 3.05 bits per heavy atom. The van der Waals surface area contributed by atoms with E-state index in [1.807, 2.05) is 11.0 Å². The molecule has 0 aliphatic carbocycles. The molecule has 0 aromatic heterocycles. The number of piperidine rings is 1. The van der Waals surface area contributed by atoms with E-state index in [2.05, 4.69) is 30.4 Å². The Balaban J connectivity index is 1.74. The summed E-state index contributed by atoms with van der Waals surface area (Å²) >= 11 is 0. The minimum Gasteiger partial charge on any atom is -0.316 e. The molecule has 1 N–H and O–H groups in total. The first kappa shape index (κ1) is 13.6. The number of fused-ring (bicyclic) bond motifs is 1. The second-order valence-electron chi connectivity index (χ2n) is 6.36. The van der Waals surface area contributed by atoms with Crippen LogP contribution < -0.4 is 10.2 Å². The van der Waals surface area contributed by atoms with Crippen molar-refractivity contribution in [1.29, 1.82) is 0 Å². The molecule has 1 fully saturated rings. The highest BCUT2D eigenvalue weighted by Crippen LogP contribution is 2.30. The smallest absolute Gasteiger partial charge is 0.227 e. The number of anilines is 1. The largest absolute Gasteiger partial charge is 0.316 e. The number of carbonyl (C=O) groups is 1. The summed E-state index contributed by atoms with van der Waals surface area (Å²) in [7, 11) is 0. The van der Waals surface area contributed by atoms with E-state index in [-0.39, 0.29) is 0 Å². The van der Waals surface area contributed by atoms with Gasteiger partial charge >= 0.3 is 0 Å². The lowest BCUT2D eigenvalue weighted by molar-refractivity contribution is -0.119. The molecule has 2 atom stereocenters. The summed E-state index contributed by atoms with van der Waals surface area (Å²) < 4.78 is 0. The van der Waals surface area contributed by atoms with Gasteiger partial charge in [0.15, 0.2) is 0 Å². The molecule has 1 saturated heterocycles. The molecule has 3 nitrogen and oxygen atoms in total. The summed E-state index contributed by atoms with van der Waals surface area (Å²) in [4.78, 5) is 14.7. The van der Waals surface area contributed by atoms with Crippen LogP contribution in [-0.4, -0.2) is 25.5 Å². The van der Waals surface area contributed by atoms with Crippen LogP contribution in [0.4, 0.5) is 5.69 Å². The molecule has 1 aromatic carbocycles. The van der Waals surface area contributed by atoms with Gasteiger partial charge in [-0.05, 0) is 55.8 Å². The third-order valence-electron chi connectivity index (χ3n) is 4.51. The Kier molecular flexibility index (Phi) is 4.06. The van der Waals surface area contributed by atoms with E-state index in [0.29, 0.717) is 24.2 Å². The number of para-hydroxylation sites is 1. The zero-order valence-corrected chi connectivity index (χ0v) is 12.3. The summed E-state index contributed by atoms with van der Waals surface area (Å²) in [6.07, 6.45) is 4.16. The molecule has 3 rings (SSSR count). The van der Waals surface area contributed by atoms with Gasteiger partial charge in [-0.1, -0.05) is 25.1 Å². The Labute approximate surface area is 121 Å². The molecule has 2 unspecified atom stereocenters. The van der Waals surface area contributed by atoms with Gasteiger partial charge in [0.25, 0.3) is 0 Å². The fourth-order valence-electron chi connectivity index (χ4n) is 3.49. The number of hydrogen-bond acceptors (Lipinski definition) is 2. The van der Waals surface area contributed by atoms with Crippen molar-refractivity contribution in [2.75, 3.05) is 24.5 Å². The van der Waals surface area contributed by atoms with E-state index < -0.39 is 0 Å². The highest BCUT2D eigenvalue weighted by molar-refractivity contribution is 5.94.